The fourth-order valence-corrected chi connectivity index (χ4v) is 1.28. The Kier molecular flexibility index (Phi) is 8.13. The predicted octanol–water partition coefficient (Wildman–Crippen LogP) is 0.821. The number of carbonyl (C=O) groups is 2. The lowest BCUT2D eigenvalue weighted by Crippen LogP contribution is -2.48. The molecular formula is C11H22N2O4. The van der Waals surface area contributed by atoms with Gasteiger partial charge in [0.05, 0.1) is 0 Å². The van der Waals surface area contributed by atoms with E-state index in [0.29, 0.717) is 13.2 Å². The average Bonchev–Trinajstić information content (AvgIpc) is 2.24. The van der Waals surface area contributed by atoms with Crippen LogP contribution in [0.2, 0.25) is 0 Å². The number of methoxy groups -OCH3 is 1. The van der Waals surface area contributed by atoms with Crippen LogP contribution in [-0.4, -0.2) is 43.4 Å². The largest absolute Gasteiger partial charge is 0.480 e. The fourth-order valence-electron chi connectivity index (χ4n) is 1.28. The van der Waals surface area contributed by atoms with Crippen molar-refractivity contribution in [1.82, 2.24) is 10.6 Å². The van der Waals surface area contributed by atoms with Crippen LogP contribution >= 0.6 is 0 Å². The Morgan fingerprint density at radius 2 is 1.94 bits per heavy atom. The number of amides is 2. The molecule has 0 heterocycles. The van der Waals surface area contributed by atoms with Gasteiger partial charge < -0.3 is 20.5 Å². The fraction of sp³-hybridized carbons (Fsp3) is 0.818. The molecule has 0 aromatic carbocycles. The Bertz CT molecular complexity index is 244. The van der Waals surface area contributed by atoms with Gasteiger partial charge in [0.1, 0.15) is 6.04 Å². The maximum absolute atomic E-state index is 11.4. The first-order valence-electron chi connectivity index (χ1n) is 5.75. The third-order valence-electron chi connectivity index (χ3n) is 2.28. The molecule has 0 radical (unpaired) electrons. The van der Waals surface area contributed by atoms with Gasteiger partial charge in [-0.15, -0.1) is 0 Å². The van der Waals surface area contributed by atoms with Gasteiger partial charge in [-0.1, -0.05) is 13.8 Å². The molecule has 0 aliphatic rings. The van der Waals surface area contributed by atoms with Crippen LogP contribution in [0.15, 0.2) is 0 Å². The smallest absolute Gasteiger partial charge is 0.326 e. The SMILES string of the molecule is COCCCCNC(=O)NC(C(=O)O)C(C)C. The minimum absolute atomic E-state index is 0.147. The van der Waals surface area contributed by atoms with Crippen LogP contribution in [0.3, 0.4) is 0 Å². The van der Waals surface area contributed by atoms with Gasteiger partial charge in [-0.3, -0.25) is 0 Å². The Labute approximate surface area is 102 Å². The van der Waals surface area contributed by atoms with E-state index in [1.165, 1.54) is 0 Å². The van der Waals surface area contributed by atoms with E-state index in [0.717, 1.165) is 12.8 Å². The number of carboxylic acid groups (broad SMARTS) is 1. The summed E-state index contributed by atoms with van der Waals surface area (Å²) >= 11 is 0. The Balaban J connectivity index is 3.80. The summed E-state index contributed by atoms with van der Waals surface area (Å²) in [5.41, 5.74) is 0. The topological polar surface area (TPSA) is 87.7 Å². The molecule has 0 spiro atoms. The van der Waals surface area contributed by atoms with Crippen LogP contribution in [0.5, 0.6) is 0 Å². The molecule has 2 amide bonds. The number of carboxylic acids is 1. The van der Waals surface area contributed by atoms with Gasteiger partial charge >= 0.3 is 12.0 Å². The summed E-state index contributed by atoms with van der Waals surface area (Å²) in [6.45, 7) is 4.67. The highest BCUT2D eigenvalue weighted by Gasteiger charge is 2.22. The summed E-state index contributed by atoms with van der Waals surface area (Å²) in [5, 5.41) is 13.9. The molecule has 100 valence electrons. The molecule has 17 heavy (non-hydrogen) atoms. The number of urea groups is 1. The summed E-state index contributed by atoms with van der Waals surface area (Å²) < 4.78 is 4.87. The zero-order valence-electron chi connectivity index (χ0n) is 10.7. The van der Waals surface area contributed by atoms with E-state index in [1.54, 1.807) is 21.0 Å². The van der Waals surface area contributed by atoms with Crippen LogP contribution in [0.1, 0.15) is 26.7 Å². The number of hydrogen-bond donors (Lipinski definition) is 3. The third kappa shape index (κ3) is 7.57. The van der Waals surface area contributed by atoms with Gasteiger partial charge in [-0.2, -0.15) is 0 Å². The summed E-state index contributed by atoms with van der Waals surface area (Å²) in [5.74, 6) is -1.17. The second-order valence-corrected chi connectivity index (χ2v) is 4.16. The van der Waals surface area contributed by atoms with Crippen LogP contribution in [0.25, 0.3) is 0 Å². The quantitative estimate of drug-likeness (QED) is 0.553. The number of rotatable bonds is 8. The van der Waals surface area contributed by atoms with Crippen molar-refractivity contribution in [3.63, 3.8) is 0 Å². The van der Waals surface area contributed by atoms with Crippen molar-refractivity contribution in [1.29, 1.82) is 0 Å². The van der Waals surface area contributed by atoms with E-state index in [9.17, 15) is 9.59 Å². The number of unbranched alkanes of at least 4 members (excludes halogenated alkanes) is 1. The third-order valence-corrected chi connectivity index (χ3v) is 2.28. The van der Waals surface area contributed by atoms with Crippen LogP contribution in [0.4, 0.5) is 4.79 Å². The van der Waals surface area contributed by atoms with E-state index in [2.05, 4.69) is 10.6 Å². The minimum atomic E-state index is -1.02. The van der Waals surface area contributed by atoms with Crippen molar-refractivity contribution in [2.24, 2.45) is 5.92 Å². The number of nitrogens with one attached hydrogen (secondary N) is 2. The molecular weight excluding hydrogens is 224 g/mol. The Morgan fingerprint density at radius 1 is 1.29 bits per heavy atom. The first-order valence-corrected chi connectivity index (χ1v) is 5.75. The van der Waals surface area contributed by atoms with Crippen molar-refractivity contribution >= 4 is 12.0 Å². The molecule has 0 bridgehead atoms. The maximum atomic E-state index is 11.4. The molecule has 0 aliphatic carbocycles. The zero-order valence-corrected chi connectivity index (χ0v) is 10.7. The van der Waals surface area contributed by atoms with E-state index in [-0.39, 0.29) is 5.92 Å². The molecule has 6 heteroatoms. The summed E-state index contributed by atoms with van der Waals surface area (Å²) in [6.07, 6.45) is 1.67. The van der Waals surface area contributed by atoms with Crippen molar-refractivity contribution in [2.45, 2.75) is 32.7 Å². The molecule has 0 saturated carbocycles. The van der Waals surface area contributed by atoms with E-state index in [4.69, 9.17) is 9.84 Å². The average molecular weight is 246 g/mol. The molecule has 3 N–H and O–H groups in total. The summed E-state index contributed by atoms with van der Waals surface area (Å²) in [4.78, 5) is 22.2. The summed E-state index contributed by atoms with van der Waals surface area (Å²) in [7, 11) is 1.63. The molecule has 0 fully saturated rings. The molecule has 0 aromatic rings. The molecule has 1 unspecified atom stereocenters. The molecule has 0 saturated heterocycles. The second-order valence-electron chi connectivity index (χ2n) is 4.16. The van der Waals surface area contributed by atoms with Gasteiger partial charge in [0.2, 0.25) is 0 Å². The van der Waals surface area contributed by atoms with Gasteiger partial charge in [0.25, 0.3) is 0 Å². The van der Waals surface area contributed by atoms with Gasteiger partial charge in [-0.05, 0) is 18.8 Å². The molecule has 1 atom stereocenters. The second kappa shape index (κ2) is 8.81. The highest BCUT2D eigenvalue weighted by molar-refractivity contribution is 5.82. The Morgan fingerprint density at radius 3 is 2.41 bits per heavy atom. The molecule has 0 aromatic heterocycles. The lowest BCUT2D eigenvalue weighted by atomic mass is 10.1. The van der Waals surface area contributed by atoms with E-state index >= 15 is 0 Å². The zero-order chi connectivity index (χ0) is 13.3. The Hall–Kier alpha value is -1.30. The molecule has 6 nitrogen and oxygen atoms in total. The number of hydrogen-bond acceptors (Lipinski definition) is 3. The van der Waals surface area contributed by atoms with Crippen molar-refractivity contribution < 1.29 is 19.4 Å². The standard InChI is InChI=1S/C11H22N2O4/c1-8(2)9(10(14)15)13-11(16)12-6-4-5-7-17-3/h8-9H,4-7H2,1-3H3,(H,14,15)(H2,12,13,16). The lowest BCUT2D eigenvalue weighted by Gasteiger charge is -2.18. The van der Waals surface area contributed by atoms with E-state index < -0.39 is 18.0 Å². The van der Waals surface area contributed by atoms with Gasteiger partial charge in [0.15, 0.2) is 0 Å². The number of aliphatic carboxylic acids is 1. The molecule has 0 rings (SSSR count). The van der Waals surface area contributed by atoms with Gasteiger partial charge in [-0.25, -0.2) is 9.59 Å². The van der Waals surface area contributed by atoms with Crippen molar-refractivity contribution in [3.8, 4) is 0 Å². The van der Waals surface area contributed by atoms with Crippen molar-refractivity contribution in [2.75, 3.05) is 20.3 Å². The lowest BCUT2D eigenvalue weighted by molar-refractivity contribution is -0.140. The monoisotopic (exact) mass is 246 g/mol. The van der Waals surface area contributed by atoms with E-state index in [1.807, 2.05) is 0 Å². The molecule has 0 aliphatic heterocycles. The maximum Gasteiger partial charge on any atom is 0.326 e. The first-order chi connectivity index (χ1) is 7.99. The normalized spacial score (nSPS) is 12.2. The van der Waals surface area contributed by atoms with Crippen molar-refractivity contribution in [3.05, 3.63) is 0 Å². The van der Waals surface area contributed by atoms with Crippen LogP contribution in [0, 0.1) is 5.92 Å². The minimum Gasteiger partial charge on any atom is -0.480 e. The predicted molar refractivity (Wildman–Crippen MR) is 63.9 cm³/mol. The number of ether oxygens (including phenoxy) is 1. The first kappa shape index (κ1) is 15.7. The van der Waals surface area contributed by atoms with Gasteiger partial charge in [0, 0.05) is 20.3 Å². The highest BCUT2D eigenvalue weighted by Crippen LogP contribution is 2.01. The van der Waals surface area contributed by atoms with Crippen LogP contribution < -0.4 is 10.6 Å². The highest BCUT2D eigenvalue weighted by atomic mass is 16.5. The summed E-state index contributed by atoms with van der Waals surface area (Å²) in [6, 6.07) is -1.29. The van der Waals surface area contributed by atoms with Crippen LogP contribution in [-0.2, 0) is 9.53 Å². The number of carbonyl (C=O) groups excluding carboxylic acids is 1.